The Labute approximate surface area is 191 Å². The minimum absolute atomic E-state index is 0.00728. The first-order valence-corrected chi connectivity index (χ1v) is 10.5. The fourth-order valence-electron chi connectivity index (χ4n) is 4.05. The van der Waals surface area contributed by atoms with Crippen molar-refractivity contribution in [2.45, 2.75) is 53.1 Å². The molecule has 0 aliphatic heterocycles. The summed E-state index contributed by atoms with van der Waals surface area (Å²) in [4.78, 5) is 0. The van der Waals surface area contributed by atoms with Gasteiger partial charge in [0, 0.05) is 5.56 Å². The molecule has 0 unspecified atom stereocenters. The average Bonchev–Trinajstić information content (AvgIpc) is 2.74. The molecule has 0 fully saturated rings. The molecule has 0 aliphatic rings. The third kappa shape index (κ3) is 6.53. The molecule has 2 aromatic rings. The number of nitriles is 2. The maximum atomic E-state index is 9.02. The zero-order valence-corrected chi connectivity index (χ0v) is 20.1. The maximum absolute atomic E-state index is 9.02. The largest absolute Gasteiger partial charge is 0.496 e. The number of allylic oxidation sites excluding steroid dienone is 1. The van der Waals surface area contributed by atoms with E-state index in [4.69, 9.17) is 24.7 Å². The lowest BCUT2D eigenvalue weighted by molar-refractivity contribution is 0.274. The summed E-state index contributed by atoms with van der Waals surface area (Å²) in [5.74, 6) is 1.85. The minimum Gasteiger partial charge on any atom is -0.496 e. The van der Waals surface area contributed by atoms with Crippen LogP contribution in [-0.2, 0) is 12.0 Å². The van der Waals surface area contributed by atoms with Crippen molar-refractivity contribution in [1.82, 2.24) is 0 Å². The Morgan fingerprint density at radius 1 is 0.875 bits per heavy atom. The quantitative estimate of drug-likeness (QED) is 0.449. The molecular formula is C27H32N2O3. The summed E-state index contributed by atoms with van der Waals surface area (Å²) in [5.41, 5.74) is 3.06. The van der Waals surface area contributed by atoms with Crippen molar-refractivity contribution in [1.29, 1.82) is 10.5 Å². The molecule has 5 heteroatoms. The average molecular weight is 433 g/mol. The van der Waals surface area contributed by atoms with Crippen LogP contribution < -0.4 is 14.2 Å². The van der Waals surface area contributed by atoms with E-state index < -0.39 is 0 Å². The van der Waals surface area contributed by atoms with Crippen molar-refractivity contribution in [2.75, 3.05) is 14.2 Å². The number of hydrogen-bond donors (Lipinski definition) is 0. The van der Waals surface area contributed by atoms with Crippen LogP contribution in [0.2, 0.25) is 0 Å². The highest BCUT2D eigenvalue weighted by molar-refractivity contribution is 5.64. The van der Waals surface area contributed by atoms with Crippen molar-refractivity contribution in [2.24, 2.45) is 5.41 Å². The monoisotopic (exact) mass is 432 g/mol. The highest BCUT2D eigenvalue weighted by Gasteiger charge is 2.28. The van der Waals surface area contributed by atoms with Gasteiger partial charge in [-0.15, -0.1) is 0 Å². The van der Waals surface area contributed by atoms with Gasteiger partial charge in [0.25, 0.3) is 0 Å². The molecule has 0 heterocycles. The lowest BCUT2D eigenvalue weighted by Crippen LogP contribution is -2.25. The molecule has 2 aromatic carbocycles. The van der Waals surface area contributed by atoms with E-state index in [1.54, 1.807) is 32.4 Å². The topological polar surface area (TPSA) is 75.3 Å². The van der Waals surface area contributed by atoms with E-state index in [0.29, 0.717) is 17.1 Å². The Kier molecular flexibility index (Phi) is 7.95. The van der Waals surface area contributed by atoms with E-state index in [9.17, 15) is 0 Å². The van der Waals surface area contributed by atoms with Gasteiger partial charge in [-0.05, 0) is 58.7 Å². The van der Waals surface area contributed by atoms with Crippen molar-refractivity contribution in [3.05, 3.63) is 58.7 Å². The van der Waals surface area contributed by atoms with Crippen LogP contribution in [-0.4, -0.2) is 14.2 Å². The SMILES string of the molecule is COc1ccc(C(C)(C)CC(C)(C)C)cc1COc1cc(C=C(C#N)C#N)ccc1OC. The van der Waals surface area contributed by atoms with E-state index >= 15 is 0 Å². The first-order valence-electron chi connectivity index (χ1n) is 10.5. The summed E-state index contributed by atoms with van der Waals surface area (Å²) in [5, 5.41) is 18.0. The van der Waals surface area contributed by atoms with Gasteiger partial charge in [-0.1, -0.05) is 46.8 Å². The number of hydrogen-bond acceptors (Lipinski definition) is 5. The Hall–Kier alpha value is -3.44. The van der Waals surface area contributed by atoms with Gasteiger partial charge in [0.1, 0.15) is 30.1 Å². The maximum Gasteiger partial charge on any atom is 0.162 e. The molecule has 0 spiro atoms. The van der Waals surface area contributed by atoms with E-state index in [2.05, 4.69) is 46.8 Å². The highest BCUT2D eigenvalue weighted by Crippen LogP contribution is 2.38. The molecule has 32 heavy (non-hydrogen) atoms. The van der Waals surface area contributed by atoms with Gasteiger partial charge in [0.05, 0.1) is 14.2 Å². The zero-order valence-electron chi connectivity index (χ0n) is 20.1. The van der Waals surface area contributed by atoms with Crippen LogP contribution in [0.3, 0.4) is 0 Å². The molecular weight excluding hydrogens is 400 g/mol. The van der Waals surface area contributed by atoms with Gasteiger partial charge in [-0.3, -0.25) is 0 Å². The second-order valence-corrected chi connectivity index (χ2v) is 9.63. The predicted octanol–water partition coefficient (Wildman–Crippen LogP) is 6.43. The second-order valence-electron chi connectivity index (χ2n) is 9.63. The molecule has 0 amide bonds. The summed E-state index contributed by atoms with van der Waals surface area (Å²) in [6.07, 6.45) is 2.55. The standard InChI is InChI=1S/C27H32N2O3/c1-26(2,3)18-27(4,5)22-9-11-23(30-6)21(14-22)17-32-25-13-19(8-10-24(25)31-7)12-20(15-28)16-29/h8-14H,17-18H2,1-7H3. The van der Waals surface area contributed by atoms with Gasteiger partial charge in [0.15, 0.2) is 11.5 Å². The van der Waals surface area contributed by atoms with Gasteiger partial charge in [-0.2, -0.15) is 10.5 Å². The first kappa shape index (κ1) is 24.8. The van der Waals surface area contributed by atoms with Gasteiger partial charge in [-0.25, -0.2) is 0 Å². The smallest absolute Gasteiger partial charge is 0.162 e. The third-order valence-corrected chi connectivity index (χ3v) is 5.16. The van der Waals surface area contributed by atoms with E-state index in [-0.39, 0.29) is 23.0 Å². The van der Waals surface area contributed by atoms with Crippen molar-refractivity contribution >= 4 is 6.08 Å². The summed E-state index contributed by atoms with van der Waals surface area (Å²) in [7, 11) is 3.22. The molecule has 0 atom stereocenters. The van der Waals surface area contributed by atoms with Crippen LogP contribution >= 0.6 is 0 Å². The molecule has 2 rings (SSSR count). The van der Waals surface area contributed by atoms with Gasteiger partial charge >= 0.3 is 0 Å². The Morgan fingerprint density at radius 2 is 1.50 bits per heavy atom. The van der Waals surface area contributed by atoms with Crippen LogP contribution in [0.1, 0.15) is 57.7 Å². The van der Waals surface area contributed by atoms with Crippen LogP contribution in [0, 0.1) is 28.1 Å². The number of ether oxygens (including phenoxy) is 3. The van der Waals surface area contributed by atoms with Crippen LogP contribution in [0.4, 0.5) is 0 Å². The molecule has 0 N–H and O–H groups in total. The van der Waals surface area contributed by atoms with Gasteiger partial charge < -0.3 is 14.2 Å². The fourth-order valence-corrected chi connectivity index (χ4v) is 4.05. The Balaban J connectivity index is 2.36. The molecule has 168 valence electrons. The number of rotatable bonds is 8. The minimum atomic E-state index is -0.00728. The normalized spacial score (nSPS) is 11.2. The van der Waals surface area contributed by atoms with Crippen LogP contribution in [0.25, 0.3) is 6.08 Å². The lowest BCUT2D eigenvalue weighted by Gasteiger charge is -2.33. The molecule has 0 aromatic heterocycles. The lowest BCUT2D eigenvalue weighted by atomic mass is 9.72. The molecule has 0 radical (unpaired) electrons. The summed E-state index contributed by atoms with van der Waals surface area (Å²) in [6, 6.07) is 15.3. The summed E-state index contributed by atoms with van der Waals surface area (Å²) >= 11 is 0. The number of benzene rings is 2. The fraction of sp³-hybridized carbons (Fsp3) is 0.407. The molecule has 0 aliphatic carbocycles. The predicted molar refractivity (Wildman–Crippen MR) is 127 cm³/mol. The number of methoxy groups -OCH3 is 2. The molecule has 0 bridgehead atoms. The van der Waals surface area contributed by atoms with E-state index in [1.165, 1.54) is 11.6 Å². The Bertz CT molecular complexity index is 1050. The first-order chi connectivity index (χ1) is 15.0. The van der Waals surface area contributed by atoms with E-state index in [0.717, 1.165) is 17.7 Å². The third-order valence-electron chi connectivity index (χ3n) is 5.16. The van der Waals surface area contributed by atoms with E-state index in [1.807, 2.05) is 18.2 Å². The van der Waals surface area contributed by atoms with Crippen molar-refractivity contribution in [3.8, 4) is 29.4 Å². The summed E-state index contributed by atoms with van der Waals surface area (Å²) < 4.78 is 17.1. The van der Waals surface area contributed by atoms with Crippen LogP contribution in [0.15, 0.2) is 42.0 Å². The molecule has 5 nitrogen and oxygen atoms in total. The van der Waals surface area contributed by atoms with Gasteiger partial charge in [0.2, 0.25) is 0 Å². The molecule has 0 saturated carbocycles. The molecule has 0 saturated heterocycles. The Morgan fingerprint density at radius 3 is 2.06 bits per heavy atom. The number of nitrogens with zero attached hydrogens (tertiary/aromatic N) is 2. The zero-order chi connectivity index (χ0) is 23.9. The second kappa shape index (κ2) is 10.2. The van der Waals surface area contributed by atoms with Crippen molar-refractivity contribution < 1.29 is 14.2 Å². The van der Waals surface area contributed by atoms with Crippen LogP contribution in [0.5, 0.6) is 17.2 Å². The van der Waals surface area contributed by atoms with Crippen molar-refractivity contribution in [3.63, 3.8) is 0 Å². The highest BCUT2D eigenvalue weighted by atomic mass is 16.5. The summed E-state index contributed by atoms with van der Waals surface area (Å²) in [6.45, 7) is 11.5.